The van der Waals surface area contributed by atoms with Gasteiger partial charge in [0.05, 0.1) is 115 Å². The van der Waals surface area contributed by atoms with Crippen molar-refractivity contribution in [2.45, 2.75) is 276 Å². The number of carbonyl (C=O) groups is 1. The van der Waals surface area contributed by atoms with Crippen LogP contribution in [0.2, 0.25) is 0 Å². The molecule has 1 amide bonds. The van der Waals surface area contributed by atoms with Crippen LogP contribution >= 0.6 is 0 Å². The van der Waals surface area contributed by atoms with Gasteiger partial charge in [0.2, 0.25) is 0 Å². The summed E-state index contributed by atoms with van der Waals surface area (Å²) in [7, 11) is 0.957. The van der Waals surface area contributed by atoms with Gasteiger partial charge in [0, 0.05) is 0 Å². The SMILES string of the molecule is COC(=O)N[C@H]1[C@H](O[C@H]2[C@H](O)[C@@H](N)[C@H](O[C@H]3[C@H](O)[C@@H](N)[C@H](O)O[C@@H]3CO)O[C@@H]2CO)O[C@H](CO)[C@@H](O[C@@H]2O[C@H](CO)[C@@H](O[C@@H]3O[C@H](CO)[C@@H](O[C@@H]4O[C@H](CO)[C@@H](O[C@@H]5O[C@H](CO)[C@@H](O[C@@H]6O[C@H](CO)[C@@H](O[C@@H]7O[C@H](CO)[C@@H](O)[C@H](O)[C@H]7N)C(O)[C@H]6N)[C@H](O)[C@H]5N)[C@H](O)[C@H]4N)[C@H](O)[C@H]3N)C(O)[C@H]2N)[C@@H]1O. The minimum absolute atomic E-state index is 0.762. The molecule has 9 heterocycles. The van der Waals surface area contributed by atoms with Crippen molar-refractivity contribution in [3.05, 3.63) is 0 Å². The highest BCUT2D eigenvalue weighted by Gasteiger charge is 2.60. The smallest absolute Gasteiger partial charge is 0.407 e. The van der Waals surface area contributed by atoms with Gasteiger partial charge in [-0.2, -0.15) is 0 Å². The zero-order chi connectivity index (χ0) is 76.4. The van der Waals surface area contributed by atoms with Crippen molar-refractivity contribution >= 4 is 6.09 Å². The zero-order valence-electron chi connectivity index (χ0n) is 55.7. The van der Waals surface area contributed by atoms with Gasteiger partial charge in [-0.05, 0) is 0 Å². The van der Waals surface area contributed by atoms with Gasteiger partial charge in [0.1, 0.15) is 171 Å². The fourth-order valence-corrected chi connectivity index (χ4v) is 13.7. The van der Waals surface area contributed by atoms with Crippen LogP contribution in [-0.2, 0) is 85.3 Å². The topological polar surface area (TPSA) is 808 Å². The van der Waals surface area contributed by atoms with Crippen LogP contribution in [-0.4, -0.2) is 451 Å². The Bertz CT molecular complexity index is 2620. The summed E-state index contributed by atoms with van der Waals surface area (Å²) < 4.78 is 104. The van der Waals surface area contributed by atoms with Gasteiger partial charge in [-0.25, -0.2) is 4.79 Å². The van der Waals surface area contributed by atoms with Crippen molar-refractivity contribution in [2.24, 2.45) is 45.9 Å². The van der Waals surface area contributed by atoms with Crippen molar-refractivity contribution in [3.8, 4) is 0 Å². The monoisotopic (exact) mass is 1530 g/mol. The van der Waals surface area contributed by atoms with E-state index in [9.17, 15) is 107 Å². The van der Waals surface area contributed by atoms with Gasteiger partial charge in [-0.3, -0.25) is 0 Å². The first-order valence-electron chi connectivity index (χ1n) is 33.4. The van der Waals surface area contributed by atoms with Crippen LogP contribution in [0.5, 0.6) is 0 Å². The van der Waals surface area contributed by atoms with Gasteiger partial charge in [0.15, 0.2) is 56.6 Å². The molecule has 9 rings (SSSR count). The average molecular weight is 1530 g/mol. The molecule has 9 saturated heterocycles. The van der Waals surface area contributed by atoms with Crippen LogP contribution in [0, 0.1) is 0 Å². The Morgan fingerprint density at radius 3 is 0.702 bits per heavy atom. The average Bonchev–Trinajstić information content (AvgIpc) is 0.781. The first-order chi connectivity index (χ1) is 49.4. The fraction of sp³-hybridized carbons (Fsp3) is 0.982. The summed E-state index contributed by atoms with van der Waals surface area (Å²) in [4.78, 5) is 12.8. The van der Waals surface area contributed by atoms with Crippen molar-refractivity contribution < 1.29 is 192 Å². The van der Waals surface area contributed by atoms with Crippen LogP contribution in [0.15, 0.2) is 0 Å². The molecule has 0 saturated carbocycles. The van der Waals surface area contributed by atoms with E-state index in [1.165, 1.54) is 0 Å². The summed E-state index contributed by atoms with van der Waals surface area (Å²) in [5.74, 6) is 0. The molecule has 2 unspecified atom stereocenters. The maximum atomic E-state index is 12.8. The van der Waals surface area contributed by atoms with E-state index in [-0.39, 0.29) is 0 Å². The molecule has 0 aromatic heterocycles. The molecule has 9 aliphatic rings. The molecule has 48 heteroatoms. The Balaban J connectivity index is 0.794. The molecule has 37 N–H and O–H groups in total. The van der Waals surface area contributed by atoms with E-state index >= 15 is 0 Å². The van der Waals surface area contributed by atoms with E-state index in [2.05, 4.69) is 5.32 Å². The molecule has 48 nitrogen and oxygen atoms in total. The normalized spacial score (nSPS) is 52.0. The number of ether oxygens (including phenoxy) is 18. The lowest BCUT2D eigenvalue weighted by molar-refractivity contribution is -0.372. The number of nitrogens with two attached hydrogens (primary N) is 8. The number of aliphatic hydroxyl groups is 20. The number of methoxy groups -OCH3 is 1. The summed E-state index contributed by atoms with van der Waals surface area (Å²) in [6, 6.07) is -14.6. The van der Waals surface area contributed by atoms with Crippen LogP contribution in [0.25, 0.3) is 0 Å². The lowest BCUT2D eigenvalue weighted by atomic mass is 9.93. The summed E-state index contributed by atoms with van der Waals surface area (Å²) >= 11 is 0. The van der Waals surface area contributed by atoms with Crippen molar-refractivity contribution in [1.82, 2.24) is 5.32 Å². The summed E-state index contributed by atoms with van der Waals surface area (Å²) in [6.07, 6.45) is -62.6. The number of amides is 1. The van der Waals surface area contributed by atoms with Crippen molar-refractivity contribution in [2.75, 3.05) is 66.6 Å². The number of hydrogen-bond acceptors (Lipinski definition) is 47. The maximum absolute atomic E-state index is 12.8. The molecule has 0 spiro atoms. The second-order valence-corrected chi connectivity index (χ2v) is 26.5. The highest BCUT2D eigenvalue weighted by Crippen LogP contribution is 2.39. The Morgan fingerprint density at radius 2 is 0.462 bits per heavy atom. The third-order valence-electron chi connectivity index (χ3n) is 19.9. The Kier molecular flexibility index (Phi) is 30.6. The standard InChI is InChI=1S/C56H103N9O39/c1-87-56(86)65-28-38(84)46(19(10-74)96-55(28)104-45-18(9-73)95-49(27(64)37(45)83)97-39-12(3-67)88-47(85)20(57)31(39)77)103-54-26(63)36(82)44(17(8-72)94-54)102-53-25(62)35(81)43(16(7-71)93-53)101-52-24(61)34(80)42(15(6-70)92-52)100-51-23(60)33(79)41(14(5-69)91-51)99-50-22(59)32(78)40(13(4-68)90-50)98-48-21(58)30(76)29(75)11(2-66)89-48/h11-55,66-85H,2-10,57-64H2,1H3,(H,65,86)/t11-,12-,13-,14-,15-,16-,17-,18-,19-,20-,21-,22-,23-,24-,25-,26-,27-,28-,29-,30-,31-,32?,33-,34-,35-,36?,37-,38-,39-,40-,41-,42-,43-,44-,45-,46-,47-,48+,49+,50+,51+,52+,53+,54+,55+/m1/s1. The molecular weight excluding hydrogens is 1420 g/mol. The number of hydrogen-bond donors (Lipinski definition) is 29. The molecule has 0 radical (unpaired) electrons. The lowest BCUT2D eigenvalue weighted by Crippen LogP contribution is -2.71. The fourth-order valence-electron chi connectivity index (χ4n) is 13.7. The van der Waals surface area contributed by atoms with E-state index in [1.807, 2.05) is 0 Å². The van der Waals surface area contributed by atoms with Gasteiger partial charge >= 0.3 is 6.09 Å². The summed E-state index contributed by atoms with van der Waals surface area (Å²) in [6.45, 7) is -8.24. The quantitative estimate of drug-likeness (QED) is 0.0382. The second-order valence-electron chi connectivity index (χ2n) is 26.5. The number of rotatable bonds is 26. The van der Waals surface area contributed by atoms with Crippen LogP contribution in [0.3, 0.4) is 0 Å². The van der Waals surface area contributed by atoms with Crippen LogP contribution in [0.1, 0.15) is 0 Å². The molecule has 0 bridgehead atoms. The predicted octanol–water partition coefficient (Wildman–Crippen LogP) is -20.5. The van der Waals surface area contributed by atoms with Crippen molar-refractivity contribution in [3.63, 3.8) is 0 Å². The molecular formula is C56H103N9O39. The second kappa shape index (κ2) is 37.2. The molecule has 9 aliphatic heterocycles. The van der Waals surface area contributed by atoms with E-state index in [0.29, 0.717) is 0 Å². The number of carbonyl (C=O) groups excluding carboxylic acids is 1. The third kappa shape index (κ3) is 17.7. The molecule has 9 fully saturated rings. The Labute approximate surface area is 590 Å². The predicted molar refractivity (Wildman–Crippen MR) is 326 cm³/mol. The zero-order valence-corrected chi connectivity index (χ0v) is 55.7. The van der Waals surface area contributed by atoms with Crippen molar-refractivity contribution in [1.29, 1.82) is 0 Å². The highest BCUT2D eigenvalue weighted by molar-refractivity contribution is 5.67. The van der Waals surface area contributed by atoms with Gasteiger partial charge < -0.3 is 239 Å². The molecule has 0 aliphatic carbocycles. The van der Waals surface area contributed by atoms with Crippen LogP contribution < -0.4 is 51.2 Å². The Hall–Kier alpha value is -2.53. The third-order valence-corrected chi connectivity index (χ3v) is 19.9. The van der Waals surface area contributed by atoms with Crippen LogP contribution in [0.4, 0.5) is 4.79 Å². The molecule has 0 aromatic carbocycles. The number of nitrogens with one attached hydrogen (secondary N) is 1. The van der Waals surface area contributed by atoms with Gasteiger partial charge in [0.25, 0.3) is 0 Å². The lowest BCUT2D eigenvalue weighted by Gasteiger charge is -2.51. The molecule has 606 valence electrons. The molecule has 0 aromatic rings. The Morgan fingerprint density at radius 1 is 0.269 bits per heavy atom. The van der Waals surface area contributed by atoms with E-state index in [0.717, 1.165) is 7.11 Å². The van der Waals surface area contributed by atoms with Gasteiger partial charge in [-0.1, -0.05) is 0 Å². The summed E-state index contributed by atoms with van der Waals surface area (Å²) in [5.41, 5.74) is 50.2. The number of alkyl carbamates (subject to hydrolysis) is 1. The first-order valence-corrected chi connectivity index (χ1v) is 33.4. The number of aliphatic hydroxyl groups excluding tert-OH is 20. The maximum Gasteiger partial charge on any atom is 0.407 e. The van der Waals surface area contributed by atoms with E-state index in [4.69, 9.17) is 131 Å². The minimum atomic E-state index is -2.04. The largest absolute Gasteiger partial charge is 0.453 e. The minimum Gasteiger partial charge on any atom is -0.453 e. The van der Waals surface area contributed by atoms with E-state index in [1.54, 1.807) is 0 Å². The molecule has 45 atom stereocenters. The van der Waals surface area contributed by atoms with E-state index < -0.39 is 341 Å². The highest BCUT2D eigenvalue weighted by atomic mass is 16.8. The summed E-state index contributed by atoms with van der Waals surface area (Å²) in [5, 5.41) is 219. The van der Waals surface area contributed by atoms with Gasteiger partial charge in [-0.15, -0.1) is 0 Å². The first kappa shape index (κ1) is 85.5. The molecule has 104 heavy (non-hydrogen) atoms.